The van der Waals surface area contributed by atoms with Gasteiger partial charge in [-0.25, -0.2) is 9.07 Å². The largest absolute Gasteiger partial charge is 0.364 e. The van der Waals surface area contributed by atoms with Crippen molar-refractivity contribution in [3.05, 3.63) is 77.7 Å². The minimum Gasteiger partial charge on any atom is -0.364 e. The van der Waals surface area contributed by atoms with Crippen molar-refractivity contribution in [3.8, 4) is 5.69 Å². The van der Waals surface area contributed by atoms with Crippen LogP contribution in [0.25, 0.3) is 5.69 Å². The Bertz CT molecular complexity index is 919. The topological polar surface area (TPSA) is 59.0 Å². The first-order valence-electron chi connectivity index (χ1n) is 8.63. The van der Waals surface area contributed by atoms with Gasteiger partial charge in [0.15, 0.2) is 5.82 Å². The molecule has 2 N–H and O–H groups in total. The van der Waals surface area contributed by atoms with Gasteiger partial charge in [-0.05, 0) is 36.6 Å². The van der Waals surface area contributed by atoms with Gasteiger partial charge in [-0.15, -0.1) is 5.10 Å². The number of carbonyl (C=O) groups excluding carboxylic acids is 1. The molecule has 0 aliphatic heterocycles. The number of hydrogen-bond acceptors (Lipinski definition) is 3. The van der Waals surface area contributed by atoms with E-state index in [0.717, 1.165) is 18.4 Å². The lowest BCUT2D eigenvalue weighted by Gasteiger charge is -2.06. The molecule has 1 aromatic heterocycles. The van der Waals surface area contributed by atoms with Gasteiger partial charge in [0.05, 0.1) is 5.69 Å². The highest BCUT2D eigenvalue weighted by Gasteiger charge is 2.26. The fourth-order valence-electron chi connectivity index (χ4n) is 2.69. The summed E-state index contributed by atoms with van der Waals surface area (Å²) in [4.78, 5) is 12.6. The maximum absolute atomic E-state index is 13.5. The van der Waals surface area contributed by atoms with Crippen LogP contribution >= 0.6 is 0 Å². The summed E-state index contributed by atoms with van der Waals surface area (Å²) in [7, 11) is 0. The van der Waals surface area contributed by atoms with E-state index < -0.39 is 0 Å². The van der Waals surface area contributed by atoms with Crippen LogP contribution in [-0.2, 0) is 6.54 Å². The van der Waals surface area contributed by atoms with E-state index in [1.807, 2.05) is 30.3 Å². The Labute approximate surface area is 150 Å². The molecule has 26 heavy (non-hydrogen) atoms. The summed E-state index contributed by atoms with van der Waals surface area (Å²) < 4.78 is 15.1. The molecule has 0 saturated heterocycles. The standard InChI is InChI=1S/C20H19FN4O/c21-15-7-4-8-17(11-15)25-13-18(20(26)23-16-9-10-16)19(24-25)22-12-14-5-2-1-3-6-14/h1-8,11,13,16H,9-10,12H2,(H,22,24)(H,23,26). The van der Waals surface area contributed by atoms with Gasteiger partial charge >= 0.3 is 0 Å². The van der Waals surface area contributed by atoms with Gasteiger partial charge in [0.25, 0.3) is 5.91 Å². The Morgan fingerprint density at radius 3 is 2.69 bits per heavy atom. The Hall–Kier alpha value is -3.15. The first-order chi connectivity index (χ1) is 12.7. The van der Waals surface area contributed by atoms with Crippen LogP contribution in [0.1, 0.15) is 28.8 Å². The molecule has 6 heteroatoms. The molecule has 1 amide bonds. The van der Waals surface area contributed by atoms with Crippen LogP contribution in [-0.4, -0.2) is 21.7 Å². The lowest BCUT2D eigenvalue weighted by atomic mass is 10.2. The minimum atomic E-state index is -0.347. The molecule has 1 aliphatic carbocycles. The van der Waals surface area contributed by atoms with Crippen LogP contribution in [0.4, 0.5) is 10.2 Å². The molecule has 0 radical (unpaired) electrons. The van der Waals surface area contributed by atoms with E-state index in [-0.39, 0.29) is 17.8 Å². The van der Waals surface area contributed by atoms with Crippen LogP contribution in [0.5, 0.6) is 0 Å². The van der Waals surface area contributed by atoms with Crippen molar-refractivity contribution in [3.63, 3.8) is 0 Å². The van der Waals surface area contributed by atoms with Crippen LogP contribution in [0.2, 0.25) is 0 Å². The summed E-state index contributed by atoms with van der Waals surface area (Å²) in [6.45, 7) is 0.546. The lowest BCUT2D eigenvalue weighted by molar-refractivity contribution is 0.0952. The van der Waals surface area contributed by atoms with Crippen molar-refractivity contribution >= 4 is 11.7 Å². The zero-order chi connectivity index (χ0) is 17.9. The number of halogens is 1. The first kappa shape index (κ1) is 16.3. The monoisotopic (exact) mass is 350 g/mol. The molecule has 1 fully saturated rings. The number of nitrogens with one attached hydrogen (secondary N) is 2. The summed E-state index contributed by atoms with van der Waals surface area (Å²) in [5.41, 5.74) is 2.11. The van der Waals surface area contributed by atoms with Crippen molar-refractivity contribution < 1.29 is 9.18 Å². The van der Waals surface area contributed by atoms with Crippen molar-refractivity contribution in [1.82, 2.24) is 15.1 Å². The fraction of sp³-hybridized carbons (Fsp3) is 0.200. The van der Waals surface area contributed by atoms with E-state index in [1.165, 1.54) is 16.8 Å². The average molecular weight is 350 g/mol. The Kier molecular flexibility index (Phi) is 4.39. The van der Waals surface area contributed by atoms with Crippen LogP contribution in [0.15, 0.2) is 60.8 Å². The quantitative estimate of drug-likeness (QED) is 0.715. The molecule has 132 valence electrons. The molecule has 2 aromatic carbocycles. The molecule has 3 aromatic rings. The van der Waals surface area contributed by atoms with E-state index in [0.29, 0.717) is 23.6 Å². The number of amides is 1. The van der Waals surface area contributed by atoms with Crippen molar-refractivity contribution in [2.24, 2.45) is 0 Å². The van der Waals surface area contributed by atoms with E-state index >= 15 is 0 Å². The summed E-state index contributed by atoms with van der Waals surface area (Å²) in [5, 5.41) is 10.7. The average Bonchev–Trinajstić information content (AvgIpc) is 3.36. The van der Waals surface area contributed by atoms with E-state index in [4.69, 9.17) is 0 Å². The molecule has 1 aliphatic rings. The number of hydrogen-bond donors (Lipinski definition) is 2. The first-order valence-corrected chi connectivity index (χ1v) is 8.63. The van der Waals surface area contributed by atoms with Gasteiger partial charge in [0.1, 0.15) is 11.4 Å². The molecule has 5 nitrogen and oxygen atoms in total. The zero-order valence-electron chi connectivity index (χ0n) is 14.2. The van der Waals surface area contributed by atoms with Gasteiger partial charge in [-0.1, -0.05) is 36.4 Å². The van der Waals surface area contributed by atoms with Crippen molar-refractivity contribution in [2.75, 3.05) is 5.32 Å². The predicted molar refractivity (Wildman–Crippen MR) is 97.8 cm³/mol. The van der Waals surface area contributed by atoms with Crippen molar-refractivity contribution in [1.29, 1.82) is 0 Å². The fourth-order valence-corrected chi connectivity index (χ4v) is 2.69. The highest BCUT2D eigenvalue weighted by atomic mass is 19.1. The third kappa shape index (κ3) is 3.74. The molecule has 0 unspecified atom stereocenters. The minimum absolute atomic E-state index is 0.161. The summed E-state index contributed by atoms with van der Waals surface area (Å²) in [5.74, 6) is -0.0252. The normalized spacial score (nSPS) is 13.4. The predicted octanol–water partition coefficient (Wildman–Crippen LogP) is 3.52. The number of rotatable bonds is 6. The number of nitrogens with zero attached hydrogens (tertiary/aromatic N) is 2. The Morgan fingerprint density at radius 1 is 1.15 bits per heavy atom. The van der Waals surface area contributed by atoms with Gasteiger partial charge in [-0.2, -0.15) is 0 Å². The second-order valence-electron chi connectivity index (χ2n) is 6.40. The molecule has 1 heterocycles. The van der Waals surface area contributed by atoms with E-state index in [2.05, 4.69) is 15.7 Å². The molecule has 0 atom stereocenters. The number of anilines is 1. The molecule has 0 spiro atoms. The second kappa shape index (κ2) is 7.00. The Morgan fingerprint density at radius 2 is 1.96 bits per heavy atom. The highest BCUT2D eigenvalue weighted by Crippen LogP contribution is 2.22. The summed E-state index contributed by atoms with van der Waals surface area (Å²) >= 11 is 0. The van der Waals surface area contributed by atoms with Gasteiger partial charge in [0, 0.05) is 18.8 Å². The SMILES string of the molecule is O=C(NC1CC1)c1cn(-c2cccc(F)c2)nc1NCc1ccccc1. The second-order valence-corrected chi connectivity index (χ2v) is 6.40. The molecular formula is C20H19FN4O. The smallest absolute Gasteiger partial charge is 0.256 e. The lowest BCUT2D eigenvalue weighted by Crippen LogP contribution is -2.25. The number of aromatic nitrogens is 2. The summed E-state index contributed by atoms with van der Waals surface area (Å²) in [6, 6.07) is 16.3. The number of benzene rings is 2. The third-order valence-electron chi connectivity index (χ3n) is 4.25. The molecule has 4 rings (SSSR count). The Balaban J connectivity index is 1.62. The maximum atomic E-state index is 13.5. The number of carbonyl (C=O) groups is 1. The maximum Gasteiger partial charge on any atom is 0.256 e. The summed E-state index contributed by atoms with van der Waals surface area (Å²) in [6.07, 6.45) is 3.66. The zero-order valence-corrected chi connectivity index (χ0v) is 14.2. The highest BCUT2D eigenvalue weighted by molar-refractivity contribution is 5.99. The van der Waals surface area contributed by atoms with Crippen LogP contribution in [0.3, 0.4) is 0 Å². The van der Waals surface area contributed by atoms with Crippen molar-refractivity contribution in [2.45, 2.75) is 25.4 Å². The van der Waals surface area contributed by atoms with E-state index in [9.17, 15) is 9.18 Å². The van der Waals surface area contributed by atoms with Crippen LogP contribution < -0.4 is 10.6 Å². The van der Waals surface area contributed by atoms with Gasteiger partial charge in [0.2, 0.25) is 0 Å². The molecular weight excluding hydrogens is 331 g/mol. The molecule has 0 bridgehead atoms. The van der Waals surface area contributed by atoms with Gasteiger partial charge in [-0.3, -0.25) is 4.79 Å². The third-order valence-corrected chi connectivity index (χ3v) is 4.25. The van der Waals surface area contributed by atoms with Crippen LogP contribution in [0, 0.1) is 5.82 Å². The molecule has 1 saturated carbocycles. The van der Waals surface area contributed by atoms with Gasteiger partial charge < -0.3 is 10.6 Å². The van der Waals surface area contributed by atoms with E-state index in [1.54, 1.807) is 18.3 Å².